The summed E-state index contributed by atoms with van der Waals surface area (Å²) in [6, 6.07) is 15.1. The molecule has 0 saturated heterocycles. The largest absolute Gasteiger partial charge is 0.326 e. The first-order valence-corrected chi connectivity index (χ1v) is 11.7. The molecule has 0 unspecified atom stereocenters. The van der Waals surface area contributed by atoms with Crippen LogP contribution in [0.1, 0.15) is 40.0 Å². The molecule has 2 N–H and O–H groups in total. The molecule has 7 nitrogen and oxygen atoms in total. The predicted octanol–water partition coefficient (Wildman–Crippen LogP) is 4.18. The Morgan fingerprint density at radius 2 is 1.73 bits per heavy atom. The summed E-state index contributed by atoms with van der Waals surface area (Å²) in [5, 5.41) is 7.77. The SMILES string of the molecule is Cc1ccc(NC(=O)Cc2csc(NC(=O)CN(C(=O)c3ccccc3C)C3CC3)n2)cc1. The van der Waals surface area contributed by atoms with Crippen LogP contribution >= 0.6 is 11.3 Å². The van der Waals surface area contributed by atoms with E-state index in [-0.39, 0.29) is 36.7 Å². The number of rotatable bonds is 8. The molecule has 1 aliphatic rings. The third kappa shape index (κ3) is 6.04. The zero-order chi connectivity index (χ0) is 23.4. The lowest BCUT2D eigenvalue weighted by Gasteiger charge is -2.22. The second kappa shape index (κ2) is 9.95. The molecule has 1 aliphatic carbocycles. The van der Waals surface area contributed by atoms with E-state index in [0.717, 1.165) is 29.7 Å². The molecule has 0 atom stereocenters. The van der Waals surface area contributed by atoms with Crippen LogP contribution in [-0.4, -0.2) is 40.2 Å². The highest BCUT2D eigenvalue weighted by molar-refractivity contribution is 7.13. The normalized spacial score (nSPS) is 12.8. The van der Waals surface area contributed by atoms with Crippen molar-refractivity contribution in [1.29, 1.82) is 0 Å². The summed E-state index contributed by atoms with van der Waals surface area (Å²) < 4.78 is 0. The van der Waals surface area contributed by atoms with Gasteiger partial charge in [-0.05, 0) is 50.5 Å². The van der Waals surface area contributed by atoms with Crippen molar-refractivity contribution < 1.29 is 14.4 Å². The van der Waals surface area contributed by atoms with Gasteiger partial charge < -0.3 is 15.5 Å². The summed E-state index contributed by atoms with van der Waals surface area (Å²) in [5.41, 5.74) is 3.94. The Bertz CT molecular complexity index is 1170. The third-order valence-electron chi connectivity index (χ3n) is 5.41. The molecule has 170 valence electrons. The number of hydrogen-bond donors (Lipinski definition) is 2. The Kier molecular flexibility index (Phi) is 6.84. The minimum absolute atomic E-state index is 0.0271. The average Bonchev–Trinajstić information content (AvgIpc) is 3.54. The smallest absolute Gasteiger partial charge is 0.254 e. The first-order chi connectivity index (χ1) is 15.9. The van der Waals surface area contributed by atoms with Crippen molar-refractivity contribution in [3.05, 3.63) is 76.3 Å². The second-order valence-electron chi connectivity index (χ2n) is 8.26. The summed E-state index contributed by atoms with van der Waals surface area (Å²) >= 11 is 1.26. The minimum Gasteiger partial charge on any atom is -0.326 e. The van der Waals surface area contributed by atoms with Crippen molar-refractivity contribution in [2.45, 2.75) is 39.2 Å². The number of thiazole rings is 1. The number of aromatic nitrogens is 1. The summed E-state index contributed by atoms with van der Waals surface area (Å²) in [5.74, 6) is -0.599. The number of anilines is 2. The van der Waals surface area contributed by atoms with Gasteiger partial charge in [-0.1, -0.05) is 35.9 Å². The lowest BCUT2D eigenvalue weighted by molar-refractivity contribution is -0.117. The van der Waals surface area contributed by atoms with Gasteiger partial charge in [0.2, 0.25) is 11.8 Å². The molecule has 3 aromatic rings. The number of nitrogens with one attached hydrogen (secondary N) is 2. The standard InChI is InChI=1S/C25H26N4O3S/c1-16-7-9-18(10-8-16)26-22(30)13-19-15-33-25(27-19)28-23(31)14-29(20-11-12-20)24(32)21-6-4-3-5-17(21)2/h3-10,15,20H,11-14H2,1-2H3,(H,26,30)(H,27,28,31). The minimum atomic E-state index is -0.297. The van der Waals surface area contributed by atoms with Gasteiger partial charge in [0.25, 0.3) is 5.91 Å². The number of nitrogens with zero attached hydrogens (tertiary/aromatic N) is 2. The lowest BCUT2D eigenvalue weighted by Crippen LogP contribution is -2.39. The zero-order valence-electron chi connectivity index (χ0n) is 18.6. The fraction of sp³-hybridized carbons (Fsp3) is 0.280. The average molecular weight is 463 g/mol. The zero-order valence-corrected chi connectivity index (χ0v) is 19.4. The summed E-state index contributed by atoms with van der Waals surface area (Å²) in [6.45, 7) is 3.85. The number of benzene rings is 2. The molecule has 1 heterocycles. The van der Waals surface area contributed by atoms with Gasteiger partial charge >= 0.3 is 0 Å². The highest BCUT2D eigenvalue weighted by atomic mass is 32.1. The van der Waals surface area contributed by atoms with Gasteiger partial charge in [0.05, 0.1) is 12.1 Å². The molecule has 4 rings (SSSR count). The molecule has 0 spiro atoms. The Hall–Kier alpha value is -3.52. The van der Waals surface area contributed by atoms with Gasteiger partial charge in [-0.15, -0.1) is 11.3 Å². The molecular formula is C25H26N4O3S. The van der Waals surface area contributed by atoms with Crippen LogP contribution in [0.4, 0.5) is 10.8 Å². The number of aryl methyl sites for hydroxylation is 2. The number of hydrogen-bond acceptors (Lipinski definition) is 5. The molecule has 0 aliphatic heterocycles. The van der Waals surface area contributed by atoms with Crippen molar-refractivity contribution >= 4 is 39.9 Å². The monoisotopic (exact) mass is 462 g/mol. The lowest BCUT2D eigenvalue weighted by atomic mass is 10.1. The van der Waals surface area contributed by atoms with Crippen LogP contribution in [-0.2, 0) is 16.0 Å². The fourth-order valence-electron chi connectivity index (χ4n) is 3.49. The maximum absolute atomic E-state index is 13.0. The van der Waals surface area contributed by atoms with E-state index in [2.05, 4.69) is 15.6 Å². The van der Waals surface area contributed by atoms with E-state index in [1.54, 1.807) is 16.3 Å². The van der Waals surface area contributed by atoms with E-state index < -0.39 is 0 Å². The van der Waals surface area contributed by atoms with Crippen LogP contribution in [0.5, 0.6) is 0 Å². The Labute approximate surface area is 196 Å². The second-order valence-corrected chi connectivity index (χ2v) is 9.12. The van der Waals surface area contributed by atoms with Crippen LogP contribution < -0.4 is 10.6 Å². The van der Waals surface area contributed by atoms with E-state index in [1.165, 1.54) is 11.3 Å². The fourth-order valence-corrected chi connectivity index (χ4v) is 4.21. The highest BCUT2D eigenvalue weighted by Crippen LogP contribution is 2.29. The van der Waals surface area contributed by atoms with Crippen molar-refractivity contribution in [2.75, 3.05) is 17.2 Å². The molecule has 0 radical (unpaired) electrons. The maximum atomic E-state index is 13.0. The summed E-state index contributed by atoms with van der Waals surface area (Å²) in [6.07, 6.45) is 1.92. The van der Waals surface area contributed by atoms with E-state index in [0.29, 0.717) is 16.4 Å². The van der Waals surface area contributed by atoms with E-state index in [9.17, 15) is 14.4 Å². The van der Waals surface area contributed by atoms with Gasteiger partial charge in [0, 0.05) is 22.7 Å². The van der Waals surface area contributed by atoms with Crippen molar-refractivity contribution in [2.24, 2.45) is 0 Å². The van der Waals surface area contributed by atoms with Crippen molar-refractivity contribution in [3.8, 4) is 0 Å². The molecule has 2 aromatic carbocycles. The number of carbonyl (C=O) groups is 3. The molecule has 33 heavy (non-hydrogen) atoms. The summed E-state index contributed by atoms with van der Waals surface area (Å²) in [7, 11) is 0. The molecule has 0 bridgehead atoms. The van der Waals surface area contributed by atoms with Crippen LogP contribution in [0, 0.1) is 13.8 Å². The third-order valence-corrected chi connectivity index (χ3v) is 6.22. The quantitative estimate of drug-likeness (QED) is 0.525. The molecule has 1 fully saturated rings. The maximum Gasteiger partial charge on any atom is 0.254 e. The van der Waals surface area contributed by atoms with Crippen molar-refractivity contribution in [1.82, 2.24) is 9.88 Å². The first kappa shape index (κ1) is 22.7. The molecular weight excluding hydrogens is 436 g/mol. The Balaban J connectivity index is 1.33. The number of amides is 3. The summed E-state index contributed by atoms with van der Waals surface area (Å²) in [4.78, 5) is 44.0. The Morgan fingerprint density at radius 1 is 1.00 bits per heavy atom. The van der Waals surface area contributed by atoms with Crippen LogP contribution in [0.15, 0.2) is 53.9 Å². The van der Waals surface area contributed by atoms with E-state index in [4.69, 9.17) is 0 Å². The van der Waals surface area contributed by atoms with Gasteiger partial charge in [0.1, 0.15) is 6.54 Å². The van der Waals surface area contributed by atoms with Crippen LogP contribution in [0.25, 0.3) is 0 Å². The highest BCUT2D eigenvalue weighted by Gasteiger charge is 2.34. The molecule has 3 amide bonds. The van der Waals surface area contributed by atoms with Gasteiger partial charge in [-0.3, -0.25) is 14.4 Å². The molecule has 8 heteroatoms. The molecule has 1 aromatic heterocycles. The van der Waals surface area contributed by atoms with E-state index in [1.807, 2.05) is 56.3 Å². The Morgan fingerprint density at radius 3 is 2.42 bits per heavy atom. The van der Waals surface area contributed by atoms with Gasteiger partial charge in [-0.25, -0.2) is 4.98 Å². The van der Waals surface area contributed by atoms with Crippen LogP contribution in [0.3, 0.4) is 0 Å². The van der Waals surface area contributed by atoms with Crippen molar-refractivity contribution in [3.63, 3.8) is 0 Å². The number of carbonyl (C=O) groups excluding carboxylic acids is 3. The van der Waals surface area contributed by atoms with Crippen LogP contribution in [0.2, 0.25) is 0 Å². The predicted molar refractivity (Wildman–Crippen MR) is 129 cm³/mol. The molecule has 1 saturated carbocycles. The van der Waals surface area contributed by atoms with Gasteiger partial charge in [0.15, 0.2) is 5.13 Å². The first-order valence-electron chi connectivity index (χ1n) is 10.9. The van der Waals surface area contributed by atoms with Gasteiger partial charge in [-0.2, -0.15) is 0 Å². The topological polar surface area (TPSA) is 91.4 Å². The van der Waals surface area contributed by atoms with E-state index >= 15 is 0 Å².